The van der Waals surface area contributed by atoms with E-state index < -0.39 is 5.97 Å². The highest BCUT2D eigenvalue weighted by Crippen LogP contribution is 2.07. The van der Waals surface area contributed by atoms with Gasteiger partial charge in [0.1, 0.15) is 5.69 Å². The lowest BCUT2D eigenvalue weighted by Crippen LogP contribution is -2.06. The van der Waals surface area contributed by atoms with Crippen molar-refractivity contribution in [2.24, 2.45) is 0 Å². The first-order chi connectivity index (χ1) is 9.00. The van der Waals surface area contributed by atoms with E-state index in [-0.39, 0.29) is 17.5 Å². The lowest BCUT2D eigenvalue weighted by atomic mass is 10.1. The van der Waals surface area contributed by atoms with Crippen molar-refractivity contribution >= 4 is 11.8 Å². The molecule has 5 nitrogen and oxygen atoms in total. The highest BCUT2D eigenvalue weighted by molar-refractivity contribution is 5.95. The number of ketones is 1. The largest absolute Gasteiger partial charge is 0.478 e. The van der Waals surface area contributed by atoms with Crippen LogP contribution >= 0.6 is 0 Å². The maximum Gasteiger partial charge on any atom is 0.337 e. The van der Waals surface area contributed by atoms with Crippen LogP contribution in [0.15, 0.2) is 18.3 Å². The summed E-state index contributed by atoms with van der Waals surface area (Å²) in [6.45, 7) is 4.59. The molecule has 1 aromatic rings. The van der Waals surface area contributed by atoms with Gasteiger partial charge in [0.05, 0.1) is 11.7 Å². The van der Waals surface area contributed by atoms with Crippen molar-refractivity contribution in [2.75, 3.05) is 6.61 Å². The molecule has 1 aromatic heterocycles. The fourth-order valence-corrected chi connectivity index (χ4v) is 1.52. The zero-order chi connectivity index (χ0) is 14.3. The van der Waals surface area contributed by atoms with E-state index >= 15 is 0 Å². The van der Waals surface area contributed by atoms with Gasteiger partial charge >= 0.3 is 5.97 Å². The number of nitrogens with zero attached hydrogens (tertiary/aromatic N) is 1. The Kier molecular flexibility index (Phi) is 6.15. The molecule has 19 heavy (non-hydrogen) atoms. The normalized spacial score (nSPS) is 10.7. The molecule has 0 bridgehead atoms. The predicted octanol–water partition coefficient (Wildman–Crippen LogP) is 2.56. The number of hydrogen-bond acceptors (Lipinski definition) is 4. The first-order valence-corrected chi connectivity index (χ1v) is 6.35. The molecule has 0 unspecified atom stereocenters. The van der Waals surface area contributed by atoms with Crippen LogP contribution in [0.4, 0.5) is 0 Å². The standard InChI is InChI=1S/C14H19NO4/c1-10(2)19-8-4-3-5-13(16)12-7-6-11(9-15-12)14(17)18/h6-7,9-10H,3-5,8H2,1-2H3,(H,17,18). The van der Waals surface area contributed by atoms with Gasteiger partial charge in [-0.3, -0.25) is 9.78 Å². The van der Waals surface area contributed by atoms with Gasteiger partial charge in [0.2, 0.25) is 0 Å². The molecular weight excluding hydrogens is 246 g/mol. The van der Waals surface area contributed by atoms with Crippen LogP contribution in [0, 0.1) is 0 Å². The number of carbonyl (C=O) groups is 2. The molecule has 1 rings (SSSR count). The maximum atomic E-state index is 11.8. The Morgan fingerprint density at radius 2 is 2.05 bits per heavy atom. The van der Waals surface area contributed by atoms with E-state index in [0.29, 0.717) is 18.7 Å². The summed E-state index contributed by atoms with van der Waals surface area (Å²) in [7, 11) is 0. The molecule has 0 aliphatic carbocycles. The number of rotatable bonds is 8. The fourth-order valence-electron chi connectivity index (χ4n) is 1.52. The summed E-state index contributed by atoms with van der Waals surface area (Å²) in [4.78, 5) is 26.3. The van der Waals surface area contributed by atoms with E-state index in [1.807, 2.05) is 13.8 Å². The van der Waals surface area contributed by atoms with E-state index in [0.717, 1.165) is 12.8 Å². The number of aromatic carboxylic acids is 1. The van der Waals surface area contributed by atoms with Crippen molar-refractivity contribution in [2.45, 2.75) is 39.2 Å². The number of ether oxygens (including phenoxy) is 1. The van der Waals surface area contributed by atoms with Crippen molar-refractivity contribution in [3.05, 3.63) is 29.6 Å². The van der Waals surface area contributed by atoms with E-state index in [2.05, 4.69) is 4.98 Å². The van der Waals surface area contributed by atoms with Crippen molar-refractivity contribution in [3.63, 3.8) is 0 Å². The minimum Gasteiger partial charge on any atom is -0.478 e. The minimum atomic E-state index is -1.04. The summed E-state index contributed by atoms with van der Waals surface area (Å²) in [5, 5.41) is 8.72. The summed E-state index contributed by atoms with van der Waals surface area (Å²) in [6.07, 6.45) is 3.39. The zero-order valence-electron chi connectivity index (χ0n) is 11.3. The molecule has 104 valence electrons. The van der Waals surface area contributed by atoms with Gasteiger partial charge in [-0.1, -0.05) is 0 Å². The number of carbonyl (C=O) groups excluding carboxylic acids is 1. The second-order valence-corrected chi connectivity index (χ2v) is 4.54. The average molecular weight is 265 g/mol. The Labute approximate surface area is 112 Å². The van der Waals surface area contributed by atoms with Crippen LogP contribution in [0.25, 0.3) is 0 Å². The van der Waals surface area contributed by atoms with Crippen molar-refractivity contribution < 1.29 is 19.4 Å². The average Bonchev–Trinajstić information content (AvgIpc) is 2.37. The van der Waals surface area contributed by atoms with Crippen LogP contribution < -0.4 is 0 Å². The van der Waals surface area contributed by atoms with Gasteiger partial charge in [0.15, 0.2) is 5.78 Å². The summed E-state index contributed by atoms with van der Waals surface area (Å²) >= 11 is 0. The Hall–Kier alpha value is -1.75. The summed E-state index contributed by atoms with van der Waals surface area (Å²) in [5.74, 6) is -1.11. The SMILES string of the molecule is CC(C)OCCCCC(=O)c1ccc(C(=O)O)cn1. The van der Waals surface area contributed by atoms with E-state index in [1.54, 1.807) is 0 Å². The minimum absolute atomic E-state index is 0.0681. The second-order valence-electron chi connectivity index (χ2n) is 4.54. The number of aromatic nitrogens is 1. The number of unbranched alkanes of at least 4 members (excludes halogenated alkanes) is 1. The van der Waals surface area contributed by atoms with Gasteiger partial charge in [0, 0.05) is 19.2 Å². The van der Waals surface area contributed by atoms with Crippen LogP contribution in [0.1, 0.15) is 54.0 Å². The third-order valence-electron chi connectivity index (χ3n) is 2.55. The first kappa shape index (κ1) is 15.3. The molecule has 0 amide bonds. The van der Waals surface area contributed by atoms with Gasteiger partial charge in [-0.15, -0.1) is 0 Å². The van der Waals surface area contributed by atoms with Crippen LogP contribution in [-0.4, -0.2) is 34.6 Å². The van der Waals surface area contributed by atoms with Crippen molar-refractivity contribution in [3.8, 4) is 0 Å². The number of carboxylic acids is 1. The van der Waals surface area contributed by atoms with E-state index in [9.17, 15) is 9.59 Å². The molecular formula is C14H19NO4. The van der Waals surface area contributed by atoms with Gasteiger partial charge in [-0.2, -0.15) is 0 Å². The van der Waals surface area contributed by atoms with Crippen LogP contribution in [-0.2, 0) is 4.74 Å². The molecule has 0 saturated heterocycles. The maximum absolute atomic E-state index is 11.8. The molecule has 1 N–H and O–H groups in total. The molecule has 0 atom stereocenters. The molecule has 0 aliphatic rings. The van der Waals surface area contributed by atoms with Crippen LogP contribution in [0.2, 0.25) is 0 Å². The molecule has 0 spiro atoms. The van der Waals surface area contributed by atoms with Crippen molar-refractivity contribution in [1.82, 2.24) is 4.98 Å². The quantitative estimate of drug-likeness (QED) is 0.577. The lowest BCUT2D eigenvalue weighted by molar-refractivity contribution is 0.0694. The molecule has 0 saturated carbocycles. The summed E-state index contributed by atoms with van der Waals surface area (Å²) < 4.78 is 5.38. The number of Topliss-reactive ketones (excluding diaryl/α,β-unsaturated/α-hetero) is 1. The Bertz CT molecular complexity index is 426. The highest BCUT2D eigenvalue weighted by Gasteiger charge is 2.09. The van der Waals surface area contributed by atoms with Crippen molar-refractivity contribution in [1.29, 1.82) is 0 Å². The number of hydrogen-bond donors (Lipinski definition) is 1. The zero-order valence-corrected chi connectivity index (χ0v) is 11.3. The monoisotopic (exact) mass is 265 g/mol. The second kappa shape index (κ2) is 7.63. The van der Waals surface area contributed by atoms with Gasteiger partial charge < -0.3 is 9.84 Å². The van der Waals surface area contributed by atoms with E-state index in [4.69, 9.17) is 9.84 Å². The van der Waals surface area contributed by atoms with Crippen LogP contribution in [0.3, 0.4) is 0 Å². The Balaban J connectivity index is 2.35. The van der Waals surface area contributed by atoms with Gasteiger partial charge in [0.25, 0.3) is 0 Å². The summed E-state index contributed by atoms with van der Waals surface area (Å²) in [5.41, 5.74) is 0.400. The lowest BCUT2D eigenvalue weighted by Gasteiger charge is -2.06. The fraction of sp³-hybridized carbons (Fsp3) is 0.500. The van der Waals surface area contributed by atoms with Gasteiger partial charge in [-0.05, 0) is 38.8 Å². The van der Waals surface area contributed by atoms with Gasteiger partial charge in [-0.25, -0.2) is 4.79 Å². The van der Waals surface area contributed by atoms with E-state index in [1.165, 1.54) is 18.3 Å². The summed E-state index contributed by atoms with van der Waals surface area (Å²) in [6, 6.07) is 2.85. The third-order valence-corrected chi connectivity index (χ3v) is 2.55. The first-order valence-electron chi connectivity index (χ1n) is 6.35. The molecule has 0 radical (unpaired) electrons. The Morgan fingerprint density at radius 3 is 2.58 bits per heavy atom. The Morgan fingerprint density at radius 1 is 1.32 bits per heavy atom. The third kappa shape index (κ3) is 5.61. The predicted molar refractivity (Wildman–Crippen MR) is 70.5 cm³/mol. The molecule has 0 aliphatic heterocycles. The van der Waals surface area contributed by atoms with Crippen LogP contribution in [0.5, 0.6) is 0 Å². The topological polar surface area (TPSA) is 76.5 Å². The highest BCUT2D eigenvalue weighted by atomic mass is 16.5. The molecule has 0 fully saturated rings. The number of carboxylic acid groups (broad SMARTS) is 1. The molecule has 0 aromatic carbocycles. The molecule has 1 heterocycles. The number of pyridine rings is 1. The molecule has 5 heteroatoms. The smallest absolute Gasteiger partial charge is 0.337 e.